The first-order chi connectivity index (χ1) is 7.26. The van der Waals surface area contributed by atoms with Gasteiger partial charge in [-0.2, -0.15) is 0 Å². The summed E-state index contributed by atoms with van der Waals surface area (Å²) >= 11 is 1.67. The molecule has 0 saturated carbocycles. The molecule has 0 saturated heterocycles. The van der Waals surface area contributed by atoms with Gasteiger partial charge in [0, 0.05) is 0 Å². The summed E-state index contributed by atoms with van der Waals surface area (Å²) in [4.78, 5) is 0. The molecule has 0 fully saturated rings. The van der Waals surface area contributed by atoms with Crippen molar-refractivity contribution in [3.05, 3.63) is 9.16 Å². The SMILES string of the molecule is CCCC[C]([Sn])=C(CCCC)CCCC.Cl. The van der Waals surface area contributed by atoms with Gasteiger partial charge in [0.05, 0.1) is 0 Å². The van der Waals surface area contributed by atoms with Gasteiger partial charge >= 0.3 is 110 Å². The van der Waals surface area contributed by atoms with Gasteiger partial charge in [-0.05, 0) is 0 Å². The van der Waals surface area contributed by atoms with Gasteiger partial charge in [-0.3, -0.25) is 0 Å². The Bertz CT molecular complexity index is 166. The third kappa shape index (κ3) is 10.0. The van der Waals surface area contributed by atoms with Crippen LogP contribution in [0.5, 0.6) is 0 Å². The summed E-state index contributed by atoms with van der Waals surface area (Å²) in [5, 5.41) is 0. The van der Waals surface area contributed by atoms with Crippen LogP contribution in [0.3, 0.4) is 0 Å². The maximum absolute atomic E-state index is 2.30. The van der Waals surface area contributed by atoms with Gasteiger partial charge in [-0.15, -0.1) is 12.4 Å². The predicted molar refractivity (Wildman–Crippen MR) is 78.6 cm³/mol. The molecule has 95 valence electrons. The first-order valence-electron chi connectivity index (χ1n) is 6.68. The van der Waals surface area contributed by atoms with Gasteiger partial charge in [-0.25, -0.2) is 0 Å². The molecule has 0 amide bonds. The number of hydrogen-bond acceptors (Lipinski definition) is 0. The molecule has 0 unspecified atom stereocenters. The van der Waals surface area contributed by atoms with Crippen LogP contribution in [-0.2, 0) is 0 Å². The minimum Gasteiger partial charge on any atom is -0.147 e. The van der Waals surface area contributed by atoms with E-state index >= 15 is 0 Å². The molecule has 0 aromatic heterocycles. The standard InChI is InChI=1S/C14H27.ClH.Sn/c1-4-7-10-13-14(11-8-5-2)12-9-6-3;;/h4-12H2,1-3H3;1H;. The predicted octanol–water partition coefficient (Wildman–Crippen LogP) is 5.40. The van der Waals surface area contributed by atoms with E-state index in [0.29, 0.717) is 0 Å². The first kappa shape index (κ1) is 19.2. The van der Waals surface area contributed by atoms with Crippen LogP contribution in [0.4, 0.5) is 0 Å². The normalized spacial score (nSPS) is 9.75. The van der Waals surface area contributed by atoms with Crippen molar-refractivity contribution in [2.75, 3.05) is 0 Å². The molecule has 0 rings (SSSR count). The number of rotatable bonds is 9. The van der Waals surface area contributed by atoms with E-state index < -0.39 is 0 Å². The van der Waals surface area contributed by atoms with E-state index in [1.165, 1.54) is 57.8 Å². The Morgan fingerprint density at radius 1 is 0.750 bits per heavy atom. The summed E-state index contributed by atoms with van der Waals surface area (Å²) in [5.74, 6) is 0. The van der Waals surface area contributed by atoms with Gasteiger partial charge < -0.3 is 0 Å². The summed E-state index contributed by atoms with van der Waals surface area (Å²) in [6.45, 7) is 6.89. The average molecular weight is 351 g/mol. The maximum atomic E-state index is 2.30. The van der Waals surface area contributed by atoms with Gasteiger partial charge in [0.1, 0.15) is 0 Å². The number of halogens is 1. The monoisotopic (exact) mass is 351 g/mol. The number of allylic oxidation sites excluding steroid dienone is 2. The molecule has 0 aliphatic heterocycles. The van der Waals surface area contributed by atoms with Gasteiger partial charge in [-0.1, -0.05) is 0 Å². The molecular weight excluding hydrogens is 322 g/mol. The second kappa shape index (κ2) is 13.9. The Labute approximate surface area is 122 Å². The smallest absolute Gasteiger partial charge is 0.147 e. The zero-order valence-electron chi connectivity index (χ0n) is 11.3. The molecule has 0 heterocycles. The van der Waals surface area contributed by atoms with Crippen LogP contribution in [0.15, 0.2) is 9.16 Å². The Kier molecular flexibility index (Phi) is 16.6. The van der Waals surface area contributed by atoms with Crippen molar-refractivity contribution in [3.8, 4) is 0 Å². The Morgan fingerprint density at radius 2 is 1.12 bits per heavy atom. The molecule has 0 bridgehead atoms. The minimum atomic E-state index is 0. The minimum absolute atomic E-state index is 0. The van der Waals surface area contributed by atoms with Crippen LogP contribution in [0.25, 0.3) is 0 Å². The van der Waals surface area contributed by atoms with E-state index in [9.17, 15) is 0 Å². The van der Waals surface area contributed by atoms with E-state index in [2.05, 4.69) is 20.8 Å². The van der Waals surface area contributed by atoms with Gasteiger partial charge in [0.25, 0.3) is 0 Å². The number of unbranched alkanes of at least 4 members (excludes halogenated alkanes) is 3. The maximum Gasteiger partial charge on any atom is -0.147 e. The molecule has 0 atom stereocenters. The van der Waals surface area contributed by atoms with E-state index in [0.717, 1.165) is 0 Å². The van der Waals surface area contributed by atoms with Crippen molar-refractivity contribution >= 4 is 34.9 Å². The van der Waals surface area contributed by atoms with Crippen LogP contribution in [0, 0.1) is 0 Å². The molecule has 0 aromatic carbocycles. The Hall–Kier alpha value is 0.829. The van der Waals surface area contributed by atoms with E-state index in [-0.39, 0.29) is 12.4 Å². The van der Waals surface area contributed by atoms with Crippen LogP contribution in [0.1, 0.15) is 78.6 Å². The van der Waals surface area contributed by atoms with E-state index in [4.69, 9.17) is 0 Å². The third-order valence-electron chi connectivity index (χ3n) is 2.87. The van der Waals surface area contributed by atoms with Gasteiger partial charge in [0.15, 0.2) is 0 Å². The van der Waals surface area contributed by atoms with Crippen molar-refractivity contribution in [3.63, 3.8) is 0 Å². The quantitative estimate of drug-likeness (QED) is 0.488. The summed E-state index contributed by atoms with van der Waals surface area (Å²) < 4.78 is 1.78. The summed E-state index contributed by atoms with van der Waals surface area (Å²) in [6.07, 6.45) is 12.3. The van der Waals surface area contributed by atoms with Crippen molar-refractivity contribution in [1.82, 2.24) is 0 Å². The molecule has 16 heavy (non-hydrogen) atoms. The van der Waals surface area contributed by atoms with Crippen LogP contribution < -0.4 is 0 Å². The zero-order valence-corrected chi connectivity index (χ0v) is 14.9. The molecular formula is C14H28ClSn. The van der Waals surface area contributed by atoms with Crippen LogP contribution >= 0.6 is 12.4 Å². The zero-order chi connectivity index (χ0) is 11.5. The molecule has 0 N–H and O–H groups in total. The van der Waals surface area contributed by atoms with Crippen LogP contribution in [0.2, 0.25) is 0 Å². The van der Waals surface area contributed by atoms with E-state index in [1.54, 1.807) is 26.1 Å². The van der Waals surface area contributed by atoms with Crippen LogP contribution in [-0.4, -0.2) is 22.5 Å². The molecule has 2 heteroatoms. The summed E-state index contributed by atoms with van der Waals surface area (Å²) in [7, 11) is 0. The van der Waals surface area contributed by atoms with Crippen molar-refractivity contribution < 1.29 is 0 Å². The molecule has 0 aliphatic rings. The fourth-order valence-electron chi connectivity index (χ4n) is 1.74. The summed E-state index contributed by atoms with van der Waals surface area (Å²) in [6, 6.07) is 0. The Morgan fingerprint density at radius 3 is 1.50 bits per heavy atom. The molecule has 3 radical (unpaired) electrons. The first-order valence-corrected chi connectivity index (χ1v) is 8.11. The number of hydrogen-bond donors (Lipinski definition) is 0. The second-order valence-corrected chi connectivity index (χ2v) is 6.12. The molecule has 0 aliphatic carbocycles. The topological polar surface area (TPSA) is 0 Å². The fraction of sp³-hybridized carbons (Fsp3) is 0.857. The van der Waals surface area contributed by atoms with Crippen molar-refractivity contribution in [2.45, 2.75) is 78.6 Å². The largest absolute Gasteiger partial charge is 0.147 e. The van der Waals surface area contributed by atoms with Crippen molar-refractivity contribution in [2.24, 2.45) is 0 Å². The fourth-order valence-corrected chi connectivity index (χ4v) is 2.96. The molecule has 0 aromatic rings. The van der Waals surface area contributed by atoms with Crippen molar-refractivity contribution in [1.29, 1.82) is 0 Å². The molecule has 0 nitrogen and oxygen atoms in total. The average Bonchev–Trinajstić information content (AvgIpc) is 2.26. The van der Waals surface area contributed by atoms with Gasteiger partial charge in [0.2, 0.25) is 0 Å². The third-order valence-corrected chi connectivity index (χ3v) is 4.59. The second-order valence-electron chi connectivity index (χ2n) is 4.39. The molecule has 0 spiro atoms. The van der Waals surface area contributed by atoms with E-state index in [1.807, 2.05) is 5.57 Å². The summed E-state index contributed by atoms with van der Waals surface area (Å²) in [5.41, 5.74) is 1.81. The Balaban J connectivity index is 0.